The molecule has 0 radical (unpaired) electrons. The Morgan fingerprint density at radius 3 is 2.00 bits per heavy atom. The number of carbonyl (C=O) groups excluding carboxylic acids is 2. The van der Waals surface area contributed by atoms with Crippen molar-refractivity contribution in [3.63, 3.8) is 0 Å². The number of carbonyl (C=O) groups is 2. The monoisotopic (exact) mass is 492 g/mol. The number of hydrogen-bond donors (Lipinski definition) is 2. The zero-order chi connectivity index (χ0) is 24.9. The van der Waals surface area contributed by atoms with E-state index in [0.717, 1.165) is 0 Å². The summed E-state index contributed by atoms with van der Waals surface area (Å²) in [7, 11) is -3.90. The van der Waals surface area contributed by atoms with Crippen molar-refractivity contribution in [3.8, 4) is 5.88 Å². The molecule has 0 bridgehead atoms. The van der Waals surface area contributed by atoms with Gasteiger partial charge in [-0.3, -0.25) is 13.6 Å². The first kappa shape index (κ1) is 27.9. The molecule has 0 aliphatic carbocycles. The molecule has 0 saturated carbocycles. The van der Waals surface area contributed by atoms with Crippen molar-refractivity contribution >= 4 is 31.7 Å². The lowest BCUT2D eigenvalue weighted by atomic mass is 10.5. The topological polar surface area (TPSA) is 194 Å². The smallest absolute Gasteiger partial charge is 0.473 e. The van der Waals surface area contributed by atoms with Crippen LogP contribution in [0.5, 0.6) is 5.88 Å². The number of nitrogens with two attached hydrogens (primary N) is 2. The fourth-order valence-electron chi connectivity index (χ4n) is 1.85. The van der Waals surface area contributed by atoms with Gasteiger partial charge in [-0.05, 0) is 27.7 Å². The van der Waals surface area contributed by atoms with Crippen LogP contribution >= 0.6 is 7.60 Å². The molecule has 33 heavy (non-hydrogen) atoms. The zero-order valence-electron chi connectivity index (χ0n) is 18.8. The van der Waals surface area contributed by atoms with Crippen LogP contribution in [-0.2, 0) is 32.6 Å². The van der Waals surface area contributed by atoms with Gasteiger partial charge in [-0.1, -0.05) is 12.2 Å². The van der Waals surface area contributed by atoms with Crippen molar-refractivity contribution in [1.82, 2.24) is 9.97 Å². The normalized spacial score (nSPS) is 11.6. The summed E-state index contributed by atoms with van der Waals surface area (Å²) in [6.45, 7) is 5.08. The molecule has 0 unspecified atom stereocenters. The molecule has 0 amide bonds. The SMILES string of the molecule is CC(C)OC(=O)OCOP(=O)(C/C=C/COc1cc(N)nc(N)n1)OCOC(=O)OC(C)C. The minimum absolute atomic E-state index is 0.0182. The highest BCUT2D eigenvalue weighted by Crippen LogP contribution is 2.48. The summed E-state index contributed by atoms with van der Waals surface area (Å²) in [4.78, 5) is 30.4. The summed E-state index contributed by atoms with van der Waals surface area (Å²) >= 11 is 0. The van der Waals surface area contributed by atoms with Crippen LogP contribution in [0, 0.1) is 0 Å². The lowest BCUT2D eigenvalue weighted by Crippen LogP contribution is -2.16. The highest BCUT2D eigenvalue weighted by Gasteiger charge is 2.25. The van der Waals surface area contributed by atoms with Crippen LogP contribution in [-0.4, -0.2) is 60.8 Å². The van der Waals surface area contributed by atoms with Crippen molar-refractivity contribution in [2.75, 3.05) is 37.8 Å². The van der Waals surface area contributed by atoms with Gasteiger partial charge in [-0.2, -0.15) is 9.97 Å². The van der Waals surface area contributed by atoms with Crippen molar-refractivity contribution in [1.29, 1.82) is 0 Å². The molecular formula is C18H29N4O10P. The van der Waals surface area contributed by atoms with E-state index in [-0.39, 0.29) is 30.4 Å². The van der Waals surface area contributed by atoms with Crippen molar-refractivity contribution < 1.29 is 46.9 Å². The largest absolute Gasteiger partial charge is 0.510 e. The Morgan fingerprint density at radius 1 is 0.970 bits per heavy atom. The molecule has 4 N–H and O–H groups in total. The molecule has 14 nitrogen and oxygen atoms in total. The van der Waals surface area contributed by atoms with Gasteiger partial charge in [0.05, 0.1) is 18.4 Å². The first-order valence-corrected chi connectivity index (χ1v) is 11.4. The molecule has 1 rings (SSSR count). The van der Waals surface area contributed by atoms with E-state index in [0.29, 0.717) is 0 Å². The van der Waals surface area contributed by atoms with E-state index in [1.807, 2.05) is 0 Å². The first-order valence-electron chi connectivity index (χ1n) is 9.72. The molecule has 0 spiro atoms. The number of nitrogen functional groups attached to an aromatic ring is 2. The van der Waals surface area contributed by atoms with E-state index in [2.05, 4.69) is 19.4 Å². The molecule has 1 heterocycles. The molecule has 0 saturated heterocycles. The Bertz CT molecular complexity index is 797. The van der Waals surface area contributed by atoms with Crippen LogP contribution in [0.25, 0.3) is 0 Å². The standard InChI is InChI=1S/C18H29N4O10P/c1-12(2)31-17(23)27-10-29-33(25,30-11-28-18(24)32-13(3)4)8-6-5-7-26-15-9-14(19)21-16(20)22-15/h5-6,9,12-13H,7-8,10-11H2,1-4H3,(H4,19,20,21,22)/b6-5+. The number of nitrogens with zero attached hydrogens (tertiary/aromatic N) is 2. The second-order valence-corrected chi connectivity index (χ2v) is 8.78. The van der Waals surface area contributed by atoms with Gasteiger partial charge in [-0.25, -0.2) is 9.59 Å². The Kier molecular flexibility index (Phi) is 12.0. The molecule has 0 fully saturated rings. The van der Waals surface area contributed by atoms with Crippen molar-refractivity contribution in [2.24, 2.45) is 0 Å². The second kappa shape index (κ2) is 14.1. The molecule has 1 aromatic rings. The molecule has 15 heteroatoms. The maximum absolute atomic E-state index is 12.9. The van der Waals surface area contributed by atoms with E-state index >= 15 is 0 Å². The Labute approximate surface area is 191 Å². The number of rotatable bonds is 13. The fraction of sp³-hybridized carbons (Fsp3) is 0.556. The zero-order valence-corrected chi connectivity index (χ0v) is 19.7. The summed E-state index contributed by atoms with van der Waals surface area (Å²) < 4.78 is 47.3. The van der Waals surface area contributed by atoms with Gasteiger partial charge >= 0.3 is 19.9 Å². The van der Waals surface area contributed by atoms with Gasteiger partial charge in [0.1, 0.15) is 12.4 Å². The third-order valence-corrected chi connectivity index (χ3v) is 4.73. The van der Waals surface area contributed by atoms with E-state index in [9.17, 15) is 14.2 Å². The van der Waals surface area contributed by atoms with E-state index in [4.69, 9.17) is 34.7 Å². The van der Waals surface area contributed by atoms with Crippen LogP contribution in [0.2, 0.25) is 0 Å². The summed E-state index contributed by atoms with van der Waals surface area (Å²) in [5.74, 6) is 0.237. The number of anilines is 2. The summed E-state index contributed by atoms with van der Waals surface area (Å²) in [6.07, 6.45) is -0.200. The van der Waals surface area contributed by atoms with Crippen molar-refractivity contribution in [3.05, 3.63) is 18.2 Å². The maximum atomic E-state index is 12.9. The van der Waals surface area contributed by atoms with Crippen molar-refractivity contribution in [2.45, 2.75) is 39.9 Å². The summed E-state index contributed by atoms with van der Waals surface area (Å²) in [5, 5.41) is 0. The maximum Gasteiger partial charge on any atom is 0.510 e. The van der Waals surface area contributed by atoms with Gasteiger partial charge in [-0.15, -0.1) is 0 Å². The third kappa shape index (κ3) is 13.1. The quantitative estimate of drug-likeness (QED) is 0.176. The van der Waals surface area contributed by atoms with Gasteiger partial charge in [0.25, 0.3) is 0 Å². The molecular weight excluding hydrogens is 463 g/mol. The lowest BCUT2D eigenvalue weighted by Gasteiger charge is -2.17. The van der Waals surface area contributed by atoms with Gasteiger partial charge < -0.3 is 35.2 Å². The Hall–Kier alpha value is -3.09. The van der Waals surface area contributed by atoms with Gasteiger partial charge in [0.2, 0.25) is 25.4 Å². The van der Waals surface area contributed by atoms with E-state index in [1.54, 1.807) is 27.7 Å². The lowest BCUT2D eigenvalue weighted by molar-refractivity contribution is -0.0298. The third-order valence-electron chi connectivity index (χ3n) is 3.08. The highest BCUT2D eigenvalue weighted by atomic mass is 31.2. The second-order valence-electron chi connectivity index (χ2n) is 6.68. The minimum Gasteiger partial charge on any atom is -0.473 e. The number of aromatic nitrogens is 2. The Morgan fingerprint density at radius 2 is 1.52 bits per heavy atom. The molecule has 0 aliphatic rings. The number of ether oxygens (including phenoxy) is 5. The number of hydrogen-bond acceptors (Lipinski definition) is 14. The Balaban J connectivity index is 2.61. The first-order chi connectivity index (χ1) is 15.5. The van der Waals surface area contributed by atoms with Crippen LogP contribution in [0.15, 0.2) is 18.2 Å². The average Bonchev–Trinajstić information content (AvgIpc) is 2.65. The molecule has 1 aromatic heterocycles. The number of allylic oxidation sites excluding steroid dienone is 1. The predicted octanol–water partition coefficient (Wildman–Crippen LogP) is 2.84. The van der Waals surface area contributed by atoms with E-state index < -0.39 is 45.7 Å². The van der Waals surface area contributed by atoms with Crippen LogP contribution < -0.4 is 16.2 Å². The van der Waals surface area contributed by atoms with Crippen LogP contribution in [0.1, 0.15) is 27.7 Å². The molecule has 0 aromatic carbocycles. The van der Waals surface area contributed by atoms with Gasteiger partial charge in [0, 0.05) is 6.07 Å². The molecule has 186 valence electrons. The van der Waals surface area contributed by atoms with E-state index in [1.165, 1.54) is 18.2 Å². The van der Waals surface area contributed by atoms with Gasteiger partial charge in [0.15, 0.2) is 0 Å². The van der Waals surface area contributed by atoms with Crippen LogP contribution in [0.3, 0.4) is 0 Å². The minimum atomic E-state index is -3.90. The highest BCUT2D eigenvalue weighted by molar-refractivity contribution is 7.54. The predicted molar refractivity (Wildman–Crippen MR) is 115 cm³/mol. The summed E-state index contributed by atoms with van der Waals surface area (Å²) in [5.41, 5.74) is 11.0. The molecule has 0 aliphatic heterocycles. The summed E-state index contributed by atoms with van der Waals surface area (Å²) in [6, 6.07) is 1.38. The molecule has 0 atom stereocenters. The fourth-order valence-corrected chi connectivity index (χ4v) is 2.96. The average molecular weight is 492 g/mol. The van der Waals surface area contributed by atoms with Crippen LogP contribution in [0.4, 0.5) is 21.4 Å².